The first kappa shape index (κ1) is 26.7. The van der Waals surface area contributed by atoms with Crippen molar-refractivity contribution in [2.24, 2.45) is 5.41 Å². The number of carbonyl (C=O) groups excluding carboxylic acids is 4. The number of anilines is 2. The minimum atomic E-state index is -1.89. The number of carbonyl (C=O) groups is 4. The Morgan fingerprint density at radius 3 is 2.23 bits per heavy atom. The van der Waals surface area contributed by atoms with E-state index in [-0.39, 0.29) is 28.9 Å². The summed E-state index contributed by atoms with van der Waals surface area (Å²) in [6.07, 6.45) is 0.478. The van der Waals surface area contributed by atoms with Gasteiger partial charge < -0.3 is 24.4 Å². The monoisotopic (exact) mass is 594 g/mol. The SMILES string of the molecule is COC(=O)C1=C(C(=O)OC)C2(C(=O)Nc3ccc(Br)cc32)N(c2ccc(OC)cc2)C2=C1C(=O)CC(C)(C)C2. The van der Waals surface area contributed by atoms with Crippen molar-refractivity contribution in [3.63, 3.8) is 0 Å². The normalized spacial score (nSPS) is 21.4. The highest BCUT2D eigenvalue weighted by Gasteiger charge is 2.63. The fraction of sp³-hybridized carbons (Fsp3) is 0.310. The van der Waals surface area contributed by atoms with Crippen LogP contribution in [0.1, 0.15) is 32.3 Å². The number of allylic oxidation sites excluding steroid dienone is 1. The minimum Gasteiger partial charge on any atom is -0.497 e. The summed E-state index contributed by atoms with van der Waals surface area (Å²) in [4.78, 5) is 57.0. The van der Waals surface area contributed by atoms with E-state index >= 15 is 0 Å². The van der Waals surface area contributed by atoms with Crippen molar-refractivity contribution in [2.45, 2.75) is 32.2 Å². The maximum Gasteiger partial charge on any atom is 0.339 e. The summed E-state index contributed by atoms with van der Waals surface area (Å²) >= 11 is 3.49. The quantitative estimate of drug-likeness (QED) is 0.518. The standard InChI is InChI=1S/C29H27BrN2O7/c1-28(2)13-20-22(21(33)14-28)23(25(34)38-4)24(26(35)39-5)29(32(20)16-7-9-17(37-3)10-8-16)18-12-15(30)6-11-19(18)31-27(29)36/h6-12H,13-14H2,1-5H3,(H,31,36). The Kier molecular flexibility index (Phi) is 6.41. The van der Waals surface area contributed by atoms with Crippen LogP contribution in [0.15, 0.2) is 69.4 Å². The fourth-order valence-electron chi connectivity index (χ4n) is 5.85. The predicted octanol–water partition coefficient (Wildman–Crippen LogP) is 4.41. The molecule has 3 aliphatic rings. The number of esters is 2. The molecule has 0 aromatic heterocycles. The summed E-state index contributed by atoms with van der Waals surface area (Å²) in [5.74, 6) is -2.15. The maximum atomic E-state index is 14.3. The Balaban J connectivity index is 2.00. The van der Waals surface area contributed by atoms with Crippen LogP contribution in [0.5, 0.6) is 5.75 Å². The summed E-state index contributed by atoms with van der Waals surface area (Å²) in [7, 11) is 3.88. The zero-order valence-corrected chi connectivity index (χ0v) is 23.7. The Bertz CT molecular complexity index is 1510. The zero-order valence-electron chi connectivity index (χ0n) is 22.1. The maximum absolute atomic E-state index is 14.3. The van der Waals surface area contributed by atoms with Crippen LogP contribution in [0.2, 0.25) is 0 Å². The minimum absolute atomic E-state index is 0.0549. The lowest BCUT2D eigenvalue weighted by Gasteiger charge is -2.50. The highest BCUT2D eigenvalue weighted by Crippen LogP contribution is 2.57. The Hall–Kier alpha value is -3.92. The number of ether oxygens (including phenoxy) is 3. The van der Waals surface area contributed by atoms with Crippen molar-refractivity contribution in [1.29, 1.82) is 0 Å². The van der Waals surface area contributed by atoms with E-state index in [9.17, 15) is 19.2 Å². The van der Waals surface area contributed by atoms with E-state index in [1.54, 1.807) is 54.5 Å². The molecule has 9 nitrogen and oxygen atoms in total. The summed E-state index contributed by atoms with van der Waals surface area (Å²) in [6, 6.07) is 12.2. The van der Waals surface area contributed by atoms with Gasteiger partial charge in [0, 0.05) is 33.5 Å². The number of rotatable bonds is 4. The van der Waals surface area contributed by atoms with Crippen molar-refractivity contribution >= 4 is 50.9 Å². The number of nitrogens with one attached hydrogen (secondary N) is 1. The molecule has 0 radical (unpaired) electrons. The van der Waals surface area contributed by atoms with E-state index in [0.29, 0.717) is 39.3 Å². The lowest BCUT2D eigenvalue weighted by molar-refractivity contribution is -0.141. The fourth-order valence-corrected chi connectivity index (χ4v) is 6.21. The summed E-state index contributed by atoms with van der Waals surface area (Å²) in [5, 5.41) is 2.89. The molecule has 2 aromatic rings. The van der Waals surface area contributed by atoms with Crippen molar-refractivity contribution in [3.8, 4) is 5.75 Å². The van der Waals surface area contributed by atoms with E-state index in [1.807, 2.05) is 13.8 Å². The number of halogens is 1. The molecule has 1 unspecified atom stereocenters. The van der Waals surface area contributed by atoms with Gasteiger partial charge in [0.05, 0.1) is 38.0 Å². The summed E-state index contributed by atoms with van der Waals surface area (Å²) < 4.78 is 16.3. The van der Waals surface area contributed by atoms with Gasteiger partial charge in [-0.25, -0.2) is 9.59 Å². The number of hydrogen-bond acceptors (Lipinski definition) is 8. The second-order valence-electron chi connectivity index (χ2n) is 10.4. The number of nitrogens with zero attached hydrogens (tertiary/aromatic N) is 1. The second kappa shape index (κ2) is 9.37. The molecule has 2 aromatic carbocycles. The first-order valence-electron chi connectivity index (χ1n) is 12.2. The zero-order chi connectivity index (χ0) is 28.3. The third kappa shape index (κ3) is 3.88. The van der Waals surface area contributed by atoms with Crippen molar-refractivity contribution in [3.05, 3.63) is 74.9 Å². The number of benzene rings is 2. The Morgan fingerprint density at radius 1 is 0.949 bits per heavy atom. The highest BCUT2D eigenvalue weighted by molar-refractivity contribution is 9.10. The van der Waals surface area contributed by atoms with Gasteiger partial charge in [0.2, 0.25) is 0 Å². The number of ketones is 1. The molecular weight excluding hydrogens is 568 g/mol. The molecule has 2 heterocycles. The molecule has 2 aliphatic heterocycles. The number of fused-ring (bicyclic) bond motifs is 2. The molecule has 5 rings (SSSR count). The second-order valence-corrected chi connectivity index (χ2v) is 11.3. The molecule has 0 fully saturated rings. The van der Waals surface area contributed by atoms with Crippen LogP contribution in [0.25, 0.3) is 0 Å². The van der Waals surface area contributed by atoms with E-state index in [4.69, 9.17) is 14.2 Å². The van der Waals surface area contributed by atoms with Crippen LogP contribution in [-0.2, 0) is 34.2 Å². The predicted molar refractivity (Wildman–Crippen MR) is 146 cm³/mol. The van der Waals surface area contributed by atoms with Gasteiger partial charge in [0.15, 0.2) is 11.3 Å². The van der Waals surface area contributed by atoms with Crippen LogP contribution in [0.4, 0.5) is 11.4 Å². The lowest BCUT2D eigenvalue weighted by Crippen LogP contribution is -2.58. The smallest absolute Gasteiger partial charge is 0.339 e. The molecule has 1 spiro atoms. The van der Waals surface area contributed by atoms with Gasteiger partial charge in [0.1, 0.15) is 5.75 Å². The first-order chi connectivity index (χ1) is 18.5. The van der Waals surface area contributed by atoms with Crippen molar-refractivity contribution < 1.29 is 33.4 Å². The van der Waals surface area contributed by atoms with E-state index < -0.39 is 28.8 Å². The summed E-state index contributed by atoms with van der Waals surface area (Å²) in [6.45, 7) is 3.90. The number of amides is 1. The first-order valence-corrected chi connectivity index (χ1v) is 13.0. The van der Waals surface area contributed by atoms with E-state index in [0.717, 1.165) is 0 Å². The van der Waals surface area contributed by atoms with Gasteiger partial charge in [-0.05, 0) is 54.3 Å². The average Bonchev–Trinajstić information content (AvgIpc) is 3.17. The molecule has 1 amide bonds. The molecule has 202 valence electrons. The molecule has 10 heteroatoms. The molecule has 1 aliphatic carbocycles. The molecule has 0 bridgehead atoms. The van der Waals surface area contributed by atoms with Crippen molar-refractivity contribution in [1.82, 2.24) is 0 Å². The largest absolute Gasteiger partial charge is 0.497 e. The van der Waals surface area contributed by atoms with E-state index in [1.165, 1.54) is 14.2 Å². The van der Waals surface area contributed by atoms with Crippen LogP contribution in [-0.4, -0.2) is 45.0 Å². The van der Waals surface area contributed by atoms with Gasteiger partial charge in [-0.15, -0.1) is 0 Å². The number of hydrogen-bond donors (Lipinski definition) is 1. The van der Waals surface area contributed by atoms with Gasteiger partial charge >= 0.3 is 11.9 Å². The number of methoxy groups -OCH3 is 3. The van der Waals surface area contributed by atoms with Gasteiger partial charge in [-0.3, -0.25) is 9.59 Å². The third-order valence-corrected chi connectivity index (χ3v) is 7.87. The van der Waals surface area contributed by atoms with Crippen LogP contribution in [0.3, 0.4) is 0 Å². The van der Waals surface area contributed by atoms with E-state index in [2.05, 4.69) is 21.2 Å². The Morgan fingerprint density at radius 2 is 1.62 bits per heavy atom. The van der Waals surface area contributed by atoms with Crippen molar-refractivity contribution in [2.75, 3.05) is 31.5 Å². The average molecular weight is 595 g/mol. The van der Waals surface area contributed by atoms with Crippen LogP contribution in [0, 0.1) is 5.41 Å². The number of Topliss-reactive ketones (excluding diaryl/α,β-unsaturated/α-hetero) is 1. The van der Waals surface area contributed by atoms with Crippen LogP contribution >= 0.6 is 15.9 Å². The van der Waals surface area contributed by atoms with Gasteiger partial charge in [-0.1, -0.05) is 29.8 Å². The van der Waals surface area contributed by atoms with Crippen LogP contribution < -0.4 is 15.0 Å². The lowest BCUT2D eigenvalue weighted by atomic mass is 9.66. The highest BCUT2D eigenvalue weighted by atomic mass is 79.9. The molecule has 1 N–H and O–H groups in total. The molecule has 0 saturated heterocycles. The third-order valence-electron chi connectivity index (χ3n) is 7.38. The molecule has 39 heavy (non-hydrogen) atoms. The van der Waals surface area contributed by atoms with Gasteiger partial charge in [-0.2, -0.15) is 0 Å². The molecular formula is C29H27BrN2O7. The summed E-state index contributed by atoms with van der Waals surface area (Å²) in [5.41, 5.74) is -1.04. The Labute approximate surface area is 233 Å². The van der Waals surface area contributed by atoms with Gasteiger partial charge in [0.25, 0.3) is 5.91 Å². The topological polar surface area (TPSA) is 111 Å². The molecule has 0 saturated carbocycles. The molecule has 1 atom stereocenters.